The summed E-state index contributed by atoms with van der Waals surface area (Å²) in [6.07, 6.45) is 1.58. The molecule has 0 spiro atoms. The van der Waals surface area contributed by atoms with Crippen molar-refractivity contribution < 1.29 is 14.7 Å². The number of aromatic nitrogens is 1. The quantitative estimate of drug-likeness (QED) is 0.336. The molecular weight excluding hydrogens is 426 g/mol. The third-order valence-corrected chi connectivity index (χ3v) is 6.05. The molecule has 6 nitrogen and oxygen atoms in total. The van der Waals surface area contributed by atoms with Crippen LogP contribution in [0.25, 0.3) is 5.76 Å². The predicted octanol–water partition coefficient (Wildman–Crippen LogP) is 5.19. The van der Waals surface area contributed by atoms with Crippen LogP contribution in [0.1, 0.15) is 54.8 Å². The summed E-state index contributed by atoms with van der Waals surface area (Å²) >= 11 is 0. The van der Waals surface area contributed by atoms with E-state index < -0.39 is 17.7 Å². The number of anilines is 1. The first-order chi connectivity index (χ1) is 16.1. The minimum absolute atomic E-state index is 0.0118. The number of ketones is 1. The van der Waals surface area contributed by atoms with E-state index in [1.807, 2.05) is 31.2 Å². The summed E-state index contributed by atoms with van der Waals surface area (Å²) in [7, 11) is 0. The number of aliphatic hydroxyl groups excluding tert-OH is 1. The van der Waals surface area contributed by atoms with Gasteiger partial charge in [0.15, 0.2) is 0 Å². The molecule has 0 bridgehead atoms. The van der Waals surface area contributed by atoms with Gasteiger partial charge in [0.1, 0.15) is 11.8 Å². The maximum absolute atomic E-state index is 13.3. The Morgan fingerprint density at radius 1 is 1.06 bits per heavy atom. The Bertz CT molecular complexity index is 1340. The van der Waals surface area contributed by atoms with Crippen molar-refractivity contribution in [2.45, 2.75) is 39.2 Å². The summed E-state index contributed by atoms with van der Waals surface area (Å²) < 4.78 is 0. The van der Waals surface area contributed by atoms with Crippen molar-refractivity contribution in [3.05, 3.63) is 100 Å². The van der Waals surface area contributed by atoms with Crippen LogP contribution in [0.15, 0.2) is 72.4 Å². The van der Waals surface area contributed by atoms with E-state index in [0.717, 1.165) is 11.1 Å². The Morgan fingerprint density at radius 2 is 1.76 bits per heavy atom. The number of pyridine rings is 1. The molecular formula is C28H25N3O3. The fourth-order valence-corrected chi connectivity index (χ4v) is 4.10. The molecule has 1 aromatic heterocycles. The molecule has 0 aliphatic carbocycles. The SMILES string of the molecule is Cc1ccc(C(C)(C)C)cc1/C(O)=C1\C(=O)C(=O)N(c2ccc(C#N)cc2)C1c1ccccn1. The van der Waals surface area contributed by atoms with Crippen LogP contribution in [0.4, 0.5) is 5.69 Å². The van der Waals surface area contributed by atoms with Gasteiger partial charge >= 0.3 is 0 Å². The van der Waals surface area contributed by atoms with Crippen LogP contribution in [0.3, 0.4) is 0 Å². The second-order valence-electron chi connectivity index (χ2n) is 9.36. The Labute approximate surface area is 198 Å². The van der Waals surface area contributed by atoms with Gasteiger partial charge in [0.25, 0.3) is 11.7 Å². The van der Waals surface area contributed by atoms with Gasteiger partial charge in [-0.2, -0.15) is 5.26 Å². The number of carbonyl (C=O) groups is 2. The van der Waals surface area contributed by atoms with Crippen molar-refractivity contribution >= 4 is 23.1 Å². The molecule has 0 saturated carbocycles. The first kappa shape index (κ1) is 22.9. The van der Waals surface area contributed by atoms with E-state index >= 15 is 0 Å². The van der Waals surface area contributed by atoms with Gasteiger partial charge in [0.2, 0.25) is 0 Å². The van der Waals surface area contributed by atoms with E-state index in [0.29, 0.717) is 22.5 Å². The number of nitriles is 1. The van der Waals surface area contributed by atoms with Gasteiger partial charge in [0, 0.05) is 17.4 Å². The summed E-state index contributed by atoms with van der Waals surface area (Å²) in [6.45, 7) is 8.06. The summed E-state index contributed by atoms with van der Waals surface area (Å²) in [5.74, 6) is -1.77. The van der Waals surface area contributed by atoms with E-state index in [1.54, 1.807) is 48.7 Å². The minimum atomic E-state index is -0.910. The van der Waals surface area contributed by atoms with Crippen molar-refractivity contribution in [1.82, 2.24) is 4.98 Å². The molecule has 6 heteroatoms. The molecule has 2 aromatic carbocycles. The highest BCUT2D eigenvalue weighted by Gasteiger charge is 2.47. The zero-order chi connectivity index (χ0) is 24.6. The van der Waals surface area contributed by atoms with Crippen molar-refractivity contribution in [1.29, 1.82) is 5.26 Å². The minimum Gasteiger partial charge on any atom is -0.507 e. The lowest BCUT2D eigenvalue weighted by molar-refractivity contribution is -0.132. The molecule has 1 amide bonds. The predicted molar refractivity (Wildman–Crippen MR) is 130 cm³/mol. The number of carbonyl (C=O) groups excluding carboxylic acids is 2. The number of hydrogen-bond acceptors (Lipinski definition) is 5. The maximum Gasteiger partial charge on any atom is 0.300 e. The van der Waals surface area contributed by atoms with E-state index in [4.69, 9.17) is 5.26 Å². The van der Waals surface area contributed by atoms with Gasteiger partial charge < -0.3 is 5.11 Å². The maximum atomic E-state index is 13.3. The highest BCUT2D eigenvalue weighted by Crippen LogP contribution is 2.42. The number of aryl methyl sites for hydroxylation is 1. The molecule has 3 aromatic rings. The molecule has 1 fully saturated rings. The van der Waals surface area contributed by atoms with Crippen LogP contribution in [-0.2, 0) is 15.0 Å². The number of nitrogens with zero attached hydrogens (tertiary/aromatic N) is 3. The van der Waals surface area contributed by atoms with E-state index in [-0.39, 0.29) is 16.7 Å². The number of hydrogen-bond donors (Lipinski definition) is 1. The highest BCUT2D eigenvalue weighted by molar-refractivity contribution is 6.51. The lowest BCUT2D eigenvalue weighted by Gasteiger charge is -2.25. The Hall–Kier alpha value is -4.24. The van der Waals surface area contributed by atoms with E-state index in [2.05, 4.69) is 25.8 Å². The molecule has 1 N–H and O–H groups in total. The summed E-state index contributed by atoms with van der Waals surface area (Å²) in [5, 5.41) is 20.6. The molecule has 170 valence electrons. The smallest absolute Gasteiger partial charge is 0.300 e. The standard InChI is InChI=1S/C28H25N3O3/c1-17-8-11-19(28(2,3)4)15-21(17)25(32)23-24(22-7-5-6-14-30-22)31(27(34)26(23)33)20-12-9-18(16-29)10-13-20/h5-15,24,32H,1-4H3/b25-23+. The average Bonchev–Trinajstić information content (AvgIpc) is 3.09. The van der Waals surface area contributed by atoms with E-state index in [9.17, 15) is 14.7 Å². The molecule has 1 aliphatic heterocycles. The topological polar surface area (TPSA) is 94.3 Å². The zero-order valence-electron chi connectivity index (χ0n) is 19.5. The Kier molecular flexibility index (Phi) is 5.80. The van der Waals surface area contributed by atoms with Gasteiger partial charge in [-0.3, -0.25) is 19.5 Å². The molecule has 34 heavy (non-hydrogen) atoms. The summed E-state index contributed by atoms with van der Waals surface area (Å²) in [5.41, 5.74) is 3.44. The molecule has 1 saturated heterocycles. The van der Waals surface area contributed by atoms with Crippen LogP contribution >= 0.6 is 0 Å². The fourth-order valence-electron chi connectivity index (χ4n) is 4.10. The van der Waals surface area contributed by atoms with Crippen molar-refractivity contribution in [3.8, 4) is 6.07 Å². The van der Waals surface area contributed by atoms with E-state index in [1.165, 1.54) is 4.90 Å². The number of benzene rings is 2. The Morgan fingerprint density at radius 3 is 2.35 bits per heavy atom. The van der Waals surface area contributed by atoms with Crippen molar-refractivity contribution in [2.24, 2.45) is 0 Å². The number of rotatable bonds is 3. The van der Waals surface area contributed by atoms with Gasteiger partial charge in [0.05, 0.1) is 22.9 Å². The molecule has 1 atom stereocenters. The second-order valence-corrected chi connectivity index (χ2v) is 9.36. The van der Waals surface area contributed by atoms with Crippen LogP contribution in [-0.4, -0.2) is 21.8 Å². The fraction of sp³-hybridized carbons (Fsp3) is 0.214. The highest BCUT2D eigenvalue weighted by atomic mass is 16.3. The average molecular weight is 452 g/mol. The van der Waals surface area contributed by atoms with Crippen LogP contribution in [0.2, 0.25) is 0 Å². The summed E-state index contributed by atoms with van der Waals surface area (Å²) in [6, 6.07) is 18.5. The lowest BCUT2D eigenvalue weighted by Crippen LogP contribution is -2.29. The third-order valence-electron chi connectivity index (χ3n) is 6.05. The molecule has 4 rings (SSSR count). The second kappa shape index (κ2) is 8.60. The lowest BCUT2D eigenvalue weighted by atomic mass is 9.84. The first-order valence-electron chi connectivity index (χ1n) is 11.0. The van der Waals surface area contributed by atoms with Gasteiger partial charge in [-0.25, -0.2) is 0 Å². The van der Waals surface area contributed by atoms with Crippen molar-refractivity contribution in [2.75, 3.05) is 4.90 Å². The van der Waals surface area contributed by atoms with Crippen LogP contribution < -0.4 is 4.90 Å². The van der Waals surface area contributed by atoms with Crippen LogP contribution in [0, 0.1) is 18.3 Å². The van der Waals surface area contributed by atoms with Gasteiger partial charge in [-0.15, -0.1) is 0 Å². The molecule has 1 unspecified atom stereocenters. The molecule has 0 radical (unpaired) electrons. The summed E-state index contributed by atoms with van der Waals surface area (Å²) in [4.78, 5) is 32.3. The molecule has 1 aliphatic rings. The molecule has 2 heterocycles. The normalized spacial score (nSPS) is 17.6. The largest absolute Gasteiger partial charge is 0.507 e. The van der Waals surface area contributed by atoms with Gasteiger partial charge in [-0.05, 0) is 65.9 Å². The third kappa shape index (κ3) is 3.97. The van der Waals surface area contributed by atoms with Gasteiger partial charge in [-0.1, -0.05) is 39.0 Å². The van der Waals surface area contributed by atoms with Crippen LogP contribution in [0.5, 0.6) is 0 Å². The number of aliphatic hydroxyl groups is 1. The monoisotopic (exact) mass is 451 g/mol. The Balaban J connectivity index is 1.96. The zero-order valence-corrected chi connectivity index (χ0v) is 19.5. The number of Topliss-reactive ketones (excluding diaryl/α,β-unsaturated/α-hetero) is 1. The number of amides is 1. The van der Waals surface area contributed by atoms with Crippen molar-refractivity contribution in [3.63, 3.8) is 0 Å². The first-order valence-corrected chi connectivity index (χ1v) is 11.0.